The molecule has 1 saturated carbocycles. The van der Waals surface area contributed by atoms with Crippen LogP contribution in [0, 0.1) is 0 Å². The van der Waals surface area contributed by atoms with E-state index in [1.165, 1.54) is 6.42 Å². The molecule has 0 amide bonds. The lowest BCUT2D eigenvalue weighted by Crippen LogP contribution is -2.29. The fraction of sp³-hybridized carbons (Fsp3) is 1.00. The summed E-state index contributed by atoms with van der Waals surface area (Å²) in [6.45, 7) is 5.31. The molecule has 1 unspecified atom stereocenters. The molecule has 108 valence electrons. The van der Waals surface area contributed by atoms with E-state index >= 15 is 0 Å². The van der Waals surface area contributed by atoms with Gasteiger partial charge < -0.3 is 5.32 Å². The Morgan fingerprint density at radius 1 is 1.22 bits per heavy atom. The summed E-state index contributed by atoms with van der Waals surface area (Å²) < 4.78 is 24.3. The highest BCUT2D eigenvalue weighted by atomic mass is 32.2. The maximum absolute atomic E-state index is 12.2. The molecule has 4 heteroatoms. The lowest BCUT2D eigenvalue weighted by Gasteiger charge is -2.22. The Balaban J connectivity index is 2.24. The van der Waals surface area contributed by atoms with E-state index in [-0.39, 0.29) is 5.25 Å². The van der Waals surface area contributed by atoms with Crippen LogP contribution >= 0.6 is 0 Å². The zero-order chi connectivity index (χ0) is 13.4. The van der Waals surface area contributed by atoms with Crippen LogP contribution in [0.2, 0.25) is 0 Å². The molecule has 0 heterocycles. The van der Waals surface area contributed by atoms with Gasteiger partial charge in [-0.25, -0.2) is 8.42 Å². The number of rotatable bonds is 8. The second-order valence-electron chi connectivity index (χ2n) is 5.62. The van der Waals surface area contributed by atoms with Crippen LogP contribution in [0.25, 0.3) is 0 Å². The van der Waals surface area contributed by atoms with Crippen molar-refractivity contribution in [3.05, 3.63) is 0 Å². The van der Waals surface area contributed by atoms with Crippen molar-refractivity contribution >= 4 is 9.84 Å². The molecule has 1 aliphatic rings. The molecule has 0 aromatic rings. The average Bonchev–Trinajstić information content (AvgIpc) is 2.37. The molecule has 0 aromatic carbocycles. The molecule has 1 fully saturated rings. The Morgan fingerprint density at radius 2 is 1.89 bits per heavy atom. The fourth-order valence-corrected chi connectivity index (χ4v) is 4.63. The quantitative estimate of drug-likeness (QED) is 0.741. The molecule has 0 aliphatic heterocycles. The Bertz CT molecular complexity index is 308. The van der Waals surface area contributed by atoms with Gasteiger partial charge in [0.05, 0.1) is 11.0 Å². The van der Waals surface area contributed by atoms with Crippen molar-refractivity contribution in [2.75, 3.05) is 12.3 Å². The Hall–Kier alpha value is -0.0900. The van der Waals surface area contributed by atoms with Crippen LogP contribution in [0.3, 0.4) is 0 Å². The second-order valence-corrected chi connectivity index (χ2v) is 8.03. The molecule has 18 heavy (non-hydrogen) atoms. The summed E-state index contributed by atoms with van der Waals surface area (Å²) in [5, 5.41) is 3.37. The smallest absolute Gasteiger partial charge is 0.153 e. The van der Waals surface area contributed by atoms with Crippen LogP contribution in [0.4, 0.5) is 0 Å². The van der Waals surface area contributed by atoms with Gasteiger partial charge in [0, 0.05) is 6.04 Å². The minimum absolute atomic E-state index is 0.0369. The van der Waals surface area contributed by atoms with Crippen molar-refractivity contribution in [3.63, 3.8) is 0 Å². The van der Waals surface area contributed by atoms with Gasteiger partial charge in [0.25, 0.3) is 0 Å². The molecule has 0 bridgehead atoms. The number of nitrogens with one attached hydrogen (secondary N) is 1. The van der Waals surface area contributed by atoms with Gasteiger partial charge in [-0.3, -0.25) is 0 Å². The van der Waals surface area contributed by atoms with Crippen LogP contribution in [0.1, 0.15) is 65.2 Å². The van der Waals surface area contributed by atoms with Gasteiger partial charge in [0.15, 0.2) is 9.84 Å². The summed E-state index contributed by atoms with van der Waals surface area (Å²) in [6.07, 6.45) is 8.09. The minimum atomic E-state index is -2.83. The normalized spacial score (nSPS) is 19.9. The SMILES string of the molecule is CCCNC(C)CCCS(=O)(=O)C1CCCCC1. The highest BCUT2D eigenvalue weighted by Crippen LogP contribution is 2.24. The van der Waals surface area contributed by atoms with Crippen molar-refractivity contribution in [1.82, 2.24) is 5.32 Å². The van der Waals surface area contributed by atoms with Crippen LogP contribution in [-0.2, 0) is 9.84 Å². The minimum Gasteiger partial charge on any atom is -0.314 e. The first-order chi connectivity index (χ1) is 8.56. The third kappa shape index (κ3) is 5.70. The van der Waals surface area contributed by atoms with E-state index in [0.717, 1.165) is 51.5 Å². The van der Waals surface area contributed by atoms with E-state index in [9.17, 15) is 8.42 Å². The van der Waals surface area contributed by atoms with Crippen molar-refractivity contribution in [2.24, 2.45) is 0 Å². The summed E-state index contributed by atoms with van der Waals surface area (Å²) in [6, 6.07) is 0.437. The molecular formula is C14H29NO2S. The fourth-order valence-electron chi connectivity index (χ4n) is 2.67. The van der Waals surface area contributed by atoms with E-state index in [1.807, 2.05) is 0 Å². The molecule has 0 saturated heterocycles. The van der Waals surface area contributed by atoms with E-state index in [4.69, 9.17) is 0 Å². The molecule has 1 rings (SSSR count). The predicted molar refractivity (Wildman–Crippen MR) is 77.6 cm³/mol. The zero-order valence-electron chi connectivity index (χ0n) is 12.0. The summed E-state index contributed by atoms with van der Waals surface area (Å²) in [5.41, 5.74) is 0. The van der Waals surface area contributed by atoms with Crippen LogP contribution in [0.15, 0.2) is 0 Å². The standard InChI is InChI=1S/C14H29NO2S/c1-3-11-15-13(2)8-7-12-18(16,17)14-9-5-4-6-10-14/h13-15H,3-12H2,1-2H3. The second kappa shape index (κ2) is 8.16. The van der Waals surface area contributed by atoms with Gasteiger partial charge in [0.2, 0.25) is 0 Å². The molecule has 1 N–H and O–H groups in total. The van der Waals surface area contributed by atoms with E-state index in [2.05, 4.69) is 19.2 Å². The lowest BCUT2D eigenvalue weighted by atomic mass is 10.0. The molecular weight excluding hydrogens is 246 g/mol. The van der Waals surface area contributed by atoms with E-state index < -0.39 is 9.84 Å². The first kappa shape index (κ1) is 16.0. The average molecular weight is 275 g/mol. The van der Waals surface area contributed by atoms with Gasteiger partial charge >= 0.3 is 0 Å². The molecule has 1 atom stereocenters. The Kier molecular flexibility index (Phi) is 7.23. The van der Waals surface area contributed by atoms with Gasteiger partial charge in [-0.1, -0.05) is 26.2 Å². The largest absolute Gasteiger partial charge is 0.314 e. The molecule has 0 radical (unpaired) electrons. The number of sulfone groups is 1. The maximum Gasteiger partial charge on any atom is 0.153 e. The predicted octanol–water partition coefficient (Wildman–Crippen LogP) is 2.90. The van der Waals surface area contributed by atoms with Crippen molar-refractivity contribution in [3.8, 4) is 0 Å². The highest BCUT2D eigenvalue weighted by molar-refractivity contribution is 7.92. The van der Waals surface area contributed by atoms with Crippen LogP contribution in [-0.4, -0.2) is 32.0 Å². The summed E-state index contributed by atoms with van der Waals surface area (Å²) >= 11 is 0. The van der Waals surface area contributed by atoms with Crippen LogP contribution in [0.5, 0.6) is 0 Å². The third-order valence-electron chi connectivity index (χ3n) is 3.87. The number of hydrogen-bond donors (Lipinski definition) is 1. The zero-order valence-corrected chi connectivity index (χ0v) is 12.8. The van der Waals surface area contributed by atoms with Crippen LogP contribution < -0.4 is 5.32 Å². The molecule has 0 spiro atoms. The first-order valence-corrected chi connectivity index (χ1v) is 9.22. The van der Waals surface area contributed by atoms with Gasteiger partial charge in [-0.05, 0) is 45.6 Å². The van der Waals surface area contributed by atoms with E-state index in [0.29, 0.717) is 11.8 Å². The Labute approximate surface area is 113 Å². The third-order valence-corrected chi connectivity index (χ3v) is 6.21. The van der Waals surface area contributed by atoms with E-state index in [1.54, 1.807) is 0 Å². The first-order valence-electron chi connectivity index (χ1n) is 7.51. The molecule has 3 nitrogen and oxygen atoms in total. The monoisotopic (exact) mass is 275 g/mol. The highest BCUT2D eigenvalue weighted by Gasteiger charge is 2.26. The van der Waals surface area contributed by atoms with Crippen molar-refractivity contribution in [2.45, 2.75) is 76.5 Å². The maximum atomic E-state index is 12.2. The molecule has 0 aromatic heterocycles. The Morgan fingerprint density at radius 3 is 2.50 bits per heavy atom. The topological polar surface area (TPSA) is 46.2 Å². The van der Waals surface area contributed by atoms with Gasteiger partial charge in [0.1, 0.15) is 0 Å². The van der Waals surface area contributed by atoms with Crippen molar-refractivity contribution < 1.29 is 8.42 Å². The van der Waals surface area contributed by atoms with Gasteiger partial charge in [-0.15, -0.1) is 0 Å². The lowest BCUT2D eigenvalue weighted by molar-refractivity contribution is 0.477. The summed E-state index contributed by atoms with van der Waals surface area (Å²) in [4.78, 5) is 0. The summed E-state index contributed by atoms with van der Waals surface area (Å²) in [5.74, 6) is 0.385. The van der Waals surface area contributed by atoms with Crippen molar-refractivity contribution in [1.29, 1.82) is 0 Å². The molecule has 1 aliphatic carbocycles. The number of hydrogen-bond acceptors (Lipinski definition) is 3. The summed E-state index contributed by atoms with van der Waals surface area (Å²) in [7, 11) is -2.83. The van der Waals surface area contributed by atoms with Gasteiger partial charge in [-0.2, -0.15) is 0 Å².